The van der Waals surface area contributed by atoms with E-state index < -0.39 is 11.5 Å². The van der Waals surface area contributed by atoms with Crippen molar-refractivity contribution in [2.24, 2.45) is 0 Å². The fourth-order valence-electron chi connectivity index (χ4n) is 2.73. The molecule has 2 rings (SSSR count). The standard InChI is InChI=1S/C14H17BrFNO2/c1-14(9-13(18)19,17-6-2-3-7-17)10-4-5-12(16)11(15)8-10/h4-5,8H,2-3,6-7,9H2,1H3,(H,18,19). The summed E-state index contributed by atoms with van der Waals surface area (Å²) in [6.07, 6.45) is 2.18. The minimum atomic E-state index is -0.838. The predicted octanol–water partition coefficient (Wildman–Crippen LogP) is 3.37. The van der Waals surface area contributed by atoms with Crippen LogP contribution in [-0.4, -0.2) is 29.1 Å². The third-order valence-corrected chi connectivity index (χ3v) is 4.45. The van der Waals surface area contributed by atoms with Crippen molar-refractivity contribution >= 4 is 21.9 Å². The van der Waals surface area contributed by atoms with Crippen LogP contribution in [-0.2, 0) is 10.3 Å². The molecule has 1 unspecified atom stereocenters. The van der Waals surface area contributed by atoms with Gasteiger partial charge in [-0.05, 0) is 66.5 Å². The molecule has 3 nitrogen and oxygen atoms in total. The fourth-order valence-corrected chi connectivity index (χ4v) is 3.11. The molecule has 0 aliphatic carbocycles. The third kappa shape index (κ3) is 2.98. The number of carboxylic acids is 1. The van der Waals surface area contributed by atoms with Crippen LogP contribution in [0.25, 0.3) is 0 Å². The van der Waals surface area contributed by atoms with Gasteiger partial charge in [0.25, 0.3) is 0 Å². The van der Waals surface area contributed by atoms with Crippen molar-refractivity contribution in [3.8, 4) is 0 Å². The highest BCUT2D eigenvalue weighted by atomic mass is 79.9. The summed E-state index contributed by atoms with van der Waals surface area (Å²) in [5.41, 5.74) is 0.253. The van der Waals surface area contributed by atoms with Crippen molar-refractivity contribution in [3.63, 3.8) is 0 Å². The molecular formula is C14H17BrFNO2. The van der Waals surface area contributed by atoms with Gasteiger partial charge in [-0.15, -0.1) is 0 Å². The molecule has 0 radical (unpaired) electrons. The van der Waals surface area contributed by atoms with E-state index in [9.17, 15) is 14.3 Å². The van der Waals surface area contributed by atoms with E-state index in [4.69, 9.17) is 0 Å². The molecule has 0 amide bonds. The molecular weight excluding hydrogens is 313 g/mol. The molecule has 5 heteroatoms. The van der Waals surface area contributed by atoms with Crippen LogP contribution in [0.4, 0.5) is 4.39 Å². The van der Waals surface area contributed by atoms with E-state index in [1.807, 2.05) is 6.92 Å². The second-order valence-electron chi connectivity index (χ2n) is 5.17. The monoisotopic (exact) mass is 329 g/mol. The summed E-state index contributed by atoms with van der Waals surface area (Å²) in [6, 6.07) is 4.76. The van der Waals surface area contributed by atoms with Crippen LogP contribution in [0.2, 0.25) is 0 Å². The first-order valence-electron chi connectivity index (χ1n) is 6.36. The van der Waals surface area contributed by atoms with Crippen LogP contribution >= 0.6 is 15.9 Å². The minimum Gasteiger partial charge on any atom is -0.481 e. The first-order chi connectivity index (χ1) is 8.93. The summed E-state index contributed by atoms with van der Waals surface area (Å²) >= 11 is 3.17. The first kappa shape index (κ1) is 14.5. The Morgan fingerprint density at radius 1 is 1.47 bits per heavy atom. The molecule has 1 aromatic rings. The van der Waals surface area contributed by atoms with E-state index in [-0.39, 0.29) is 12.2 Å². The fraction of sp³-hybridized carbons (Fsp3) is 0.500. The number of likely N-dealkylation sites (tertiary alicyclic amines) is 1. The highest BCUT2D eigenvalue weighted by Gasteiger charge is 2.37. The number of rotatable bonds is 4. The highest BCUT2D eigenvalue weighted by molar-refractivity contribution is 9.10. The maximum atomic E-state index is 13.3. The highest BCUT2D eigenvalue weighted by Crippen LogP contribution is 2.36. The number of carbonyl (C=O) groups is 1. The second-order valence-corrected chi connectivity index (χ2v) is 6.02. The average Bonchev–Trinajstić information content (AvgIpc) is 2.85. The van der Waals surface area contributed by atoms with Crippen molar-refractivity contribution in [2.75, 3.05) is 13.1 Å². The molecule has 104 valence electrons. The summed E-state index contributed by atoms with van der Waals surface area (Å²) in [7, 11) is 0. The zero-order valence-electron chi connectivity index (χ0n) is 10.8. The SMILES string of the molecule is CC(CC(=O)O)(c1ccc(F)c(Br)c1)N1CCCC1. The summed E-state index contributed by atoms with van der Waals surface area (Å²) in [5, 5.41) is 9.18. The van der Waals surface area contributed by atoms with E-state index in [0.717, 1.165) is 31.5 Å². The zero-order chi connectivity index (χ0) is 14.0. The molecule has 0 spiro atoms. The summed E-state index contributed by atoms with van der Waals surface area (Å²) in [6.45, 7) is 3.70. The van der Waals surface area contributed by atoms with Crippen molar-refractivity contribution in [2.45, 2.75) is 31.7 Å². The molecule has 1 heterocycles. The topological polar surface area (TPSA) is 40.5 Å². The van der Waals surface area contributed by atoms with E-state index in [1.165, 1.54) is 6.07 Å². The van der Waals surface area contributed by atoms with Crippen molar-refractivity contribution in [1.29, 1.82) is 0 Å². The largest absolute Gasteiger partial charge is 0.481 e. The van der Waals surface area contributed by atoms with Crippen LogP contribution in [0.5, 0.6) is 0 Å². The maximum absolute atomic E-state index is 13.3. The molecule has 1 aliphatic heterocycles. The van der Waals surface area contributed by atoms with Crippen LogP contribution in [0.1, 0.15) is 31.7 Å². The van der Waals surface area contributed by atoms with E-state index >= 15 is 0 Å². The van der Waals surface area contributed by atoms with Gasteiger partial charge in [0.1, 0.15) is 5.82 Å². The number of aliphatic carboxylic acids is 1. The molecule has 1 fully saturated rings. The molecule has 0 bridgehead atoms. The maximum Gasteiger partial charge on any atom is 0.305 e. The summed E-state index contributed by atoms with van der Waals surface area (Å²) in [4.78, 5) is 13.4. The Bertz CT molecular complexity index is 488. The normalized spacial score (nSPS) is 19.3. The van der Waals surface area contributed by atoms with E-state index in [0.29, 0.717) is 4.47 Å². The van der Waals surface area contributed by atoms with Crippen LogP contribution in [0, 0.1) is 5.82 Å². The molecule has 0 saturated carbocycles. The Labute approximate surface area is 120 Å². The van der Waals surface area contributed by atoms with Gasteiger partial charge >= 0.3 is 5.97 Å². The molecule has 19 heavy (non-hydrogen) atoms. The van der Waals surface area contributed by atoms with Gasteiger partial charge in [0.2, 0.25) is 0 Å². The summed E-state index contributed by atoms with van der Waals surface area (Å²) < 4.78 is 13.7. The van der Waals surface area contributed by atoms with Crippen LogP contribution < -0.4 is 0 Å². The number of carboxylic acid groups (broad SMARTS) is 1. The van der Waals surface area contributed by atoms with Crippen molar-refractivity contribution in [1.82, 2.24) is 4.90 Å². The number of halogens is 2. The Balaban J connectivity index is 2.40. The Morgan fingerprint density at radius 3 is 2.63 bits per heavy atom. The molecule has 1 aliphatic rings. The van der Waals surface area contributed by atoms with Gasteiger partial charge in [0, 0.05) is 0 Å². The van der Waals surface area contributed by atoms with E-state index in [2.05, 4.69) is 20.8 Å². The van der Waals surface area contributed by atoms with Crippen molar-refractivity contribution in [3.05, 3.63) is 34.1 Å². The second kappa shape index (κ2) is 5.59. The lowest BCUT2D eigenvalue weighted by Gasteiger charge is -2.38. The third-order valence-electron chi connectivity index (χ3n) is 3.84. The lowest BCUT2D eigenvalue weighted by atomic mass is 9.87. The number of benzene rings is 1. The Kier molecular flexibility index (Phi) is 4.26. The number of nitrogens with zero attached hydrogens (tertiary/aromatic N) is 1. The number of hydrogen-bond donors (Lipinski definition) is 1. The van der Waals surface area contributed by atoms with Crippen LogP contribution in [0.3, 0.4) is 0 Å². The predicted molar refractivity (Wildman–Crippen MR) is 74.5 cm³/mol. The lowest BCUT2D eigenvalue weighted by Crippen LogP contribution is -2.43. The van der Waals surface area contributed by atoms with Crippen LogP contribution in [0.15, 0.2) is 22.7 Å². The van der Waals surface area contributed by atoms with Gasteiger partial charge in [-0.25, -0.2) is 4.39 Å². The smallest absolute Gasteiger partial charge is 0.305 e. The van der Waals surface area contributed by atoms with Gasteiger partial charge in [-0.2, -0.15) is 0 Å². The average molecular weight is 330 g/mol. The number of hydrogen-bond acceptors (Lipinski definition) is 2. The lowest BCUT2D eigenvalue weighted by molar-refractivity contribution is -0.140. The quantitative estimate of drug-likeness (QED) is 0.920. The van der Waals surface area contributed by atoms with E-state index in [1.54, 1.807) is 12.1 Å². The van der Waals surface area contributed by atoms with Gasteiger partial charge in [0.05, 0.1) is 16.4 Å². The summed E-state index contributed by atoms with van der Waals surface area (Å²) in [5.74, 6) is -1.17. The molecule has 1 N–H and O–H groups in total. The van der Waals surface area contributed by atoms with Gasteiger partial charge in [-0.3, -0.25) is 9.69 Å². The zero-order valence-corrected chi connectivity index (χ0v) is 12.4. The molecule has 0 aromatic heterocycles. The van der Waals surface area contributed by atoms with Crippen molar-refractivity contribution < 1.29 is 14.3 Å². The molecule has 1 aromatic carbocycles. The van der Waals surface area contributed by atoms with Gasteiger partial charge < -0.3 is 5.11 Å². The molecule has 1 atom stereocenters. The first-order valence-corrected chi connectivity index (χ1v) is 7.15. The molecule has 1 saturated heterocycles. The van der Waals surface area contributed by atoms with Gasteiger partial charge in [0.15, 0.2) is 0 Å². The Morgan fingerprint density at radius 2 is 2.11 bits per heavy atom. The minimum absolute atomic E-state index is 0.0189. The Hall–Kier alpha value is -0.940. The van der Waals surface area contributed by atoms with Gasteiger partial charge in [-0.1, -0.05) is 6.07 Å².